The second kappa shape index (κ2) is 12.0. The Morgan fingerprint density at radius 1 is 0.429 bits per heavy atom. The van der Waals surface area contributed by atoms with Gasteiger partial charge in [-0.25, -0.2) is 4.98 Å². The molecule has 8 aromatic rings. The zero-order valence-electron chi connectivity index (χ0n) is 28.9. The number of hydrogen-bond donors (Lipinski definition) is 1. The lowest BCUT2D eigenvalue weighted by atomic mass is 9.89. The number of aromatic amines is 1. The first-order valence-corrected chi connectivity index (χ1v) is 17.0. The molecule has 0 bridgehead atoms. The molecule has 0 unspecified atom stereocenters. The Kier molecular flexibility index (Phi) is 7.49. The maximum absolute atomic E-state index is 5.27. The van der Waals surface area contributed by atoms with Crippen LogP contribution in [0.5, 0.6) is 0 Å². The molecule has 238 valence electrons. The van der Waals surface area contributed by atoms with Crippen LogP contribution < -0.4 is 0 Å². The molecule has 0 saturated carbocycles. The summed E-state index contributed by atoms with van der Waals surface area (Å²) >= 11 is 0. The van der Waals surface area contributed by atoms with E-state index in [0.29, 0.717) is 0 Å². The van der Waals surface area contributed by atoms with E-state index in [1.807, 2.05) is 18.3 Å². The first-order chi connectivity index (χ1) is 23.7. The lowest BCUT2D eigenvalue weighted by Crippen LogP contribution is -1.93. The van der Waals surface area contributed by atoms with Gasteiger partial charge < -0.3 is 4.98 Å². The van der Waals surface area contributed by atoms with Gasteiger partial charge in [0, 0.05) is 33.7 Å². The summed E-state index contributed by atoms with van der Waals surface area (Å²) in [5.41, 5.74) is 20.8. The van der Waals surface area contributed by atoms with E-state index in [4.69, 9.17) is 9.97 Å². The summed E-state index contributed by atoms with van der Waals surface area (Å²) in [6, 6.07) is 41.5. The highest BCUT2D eigenvalue weighted by Gasteiger charge is 2.20. The second-order valence-corrected chi connectivity index (χ2v) is 13.6. The number of aromatic nitrogens is 3. The summed E-state index contributed by atoms with van der Waals surface area (Å²) in [6.07, 6.45) is 1.88. The molecule has 8 rings (SSSR count). The molecule has 1 N–H and O–H groups in total. The Morgan fingerprint density at radius 3 is 1.45 bits per heavy atom. The number of benzene rings is 5. The van der Waals surface area contributed by atoms with Crippen LogP contribution in [-0.4, -0.2) is 15.0 Å². The Morgan fingerprint density at radius 2 is 0.918 bits per heavy atom. The van der Waals surface area contributed by atoms with Crippen molar-refractivity contribution in [2.24, 2.45) is 0 Å². The van der Waals surface area contributed by atoms with Gasteiger partial charge in [-0.05, 0) is 135 Å². The van der Waals surface area contributed by atoms with Crippen LogP contribution in [-0.2, 0) is 0 Å². The van der Waals surface area contributed by atoms with Crippen LogP contribution in [0.4, 0.5) is 0 Å². The van der Waals surface area contributed by atoms with Gasteiger partial charge in [0.25, 0.3) is 0 Å². The van der Waals surface area contributed by atoms with Crippen LogP contribution >= 0.6 is 0 Å². The van der Waals surface area contributed by atoms with Gasteiger partial charge in [0.1, 0.15) is 0 Å². The van der Waals surface area contributed by atoms with E-state index >= 15 is 0 Å². The highest BCUT2D eigenvalue weighted by molar-refractivity contribution is 6.17. The van der Waals surface area contributed by atoms with Crippen molar-refractivity contribution in [3.05, 3.63) is 155 Å². The number of pyridine rings is 2. The fourth-order valence-electron chi connectivity index (χ4n) is 7.94. The summed E-state index contributed by atoms with van der Waals surface area (Å²) in [4.78, 5) is 14.1. The molecular weight excluding hydrogens is 595 g/mol. The molecule has 0 aliphatic rings. The van der Waals surface area contributed by atoms with Gasteiger partial charge in [0.05, 0.1) is 28.1 Å². The molecule has 0 atom stereocenters. The Labute approximate surface area is 288 Å². The van der Waals surface area contributed by atoms with Crippen molar-refractivity contribution in [2.45, 2.75) is 41.5 Å². The Balaban J connectivity index is 1.49. The third kappa shape index (κ3) is 5.42. The first-order valence-electron chi connectivity index (χ1n) is 17.0. The van der Waals surface area contributed by atoms with Gasteiger partial charge in [-0.2, -0.15) is 0 Å². The van der Waals surface area contributed by atoms with E-state index in [-0.39, 0.29) is 0 Å². The molecule has 5 aromatic carbocycles. The van der Waals surface area contributed by atoms with Crippen molar-refractivity contribution >= 4 is 21.8 Å². The zero-order valence-corrected chi connectivity index (χ0v) is 28.9. The van der Waals surface area contributed by atoms with Gasteiger partial charge in [0.15, 0.2) is 0 Å². The average Bonchev–Trinajstić information content (AvgIpc) is 3.46. The molecular formula is C46H39N3. The molecule has 3 heteroatoms. The highest BCUT2D eigenvalue weighted by atomic mass is 14.8. The van der Waals surface area contributed by atoms with Crippen LogP contribution in [0.2, 0.25) is 0 Å². The molecule has 49 heavy (non-hydrogen) atoms. The topological polar surface area (TPSA) is 41.6 Å². The van der Waals surface area contributed by atoms with E-state index in [1.54, 1.807) is 0 Å². The number of H-pyrrole nitrogens is 1. The van der Waals surface area contributed by atoms with E-state index in [2.05, 4.69) is 150 Å². The predicted molar refractivity (Wildman–Crippen MR) is 207 cm³/mol. The maximum Gasteiger partial charge on any atom is 0.0730 e. The van der Waals surface area contributed by atoms with Crippen molar-refractivity contribution in [3.8, 4) is 56.0 Å². The Bertz CT molecular complexity index is 2490. The summed E-state index contributed by atoms with van der Waals surface area (Å²) < 4.78 is 0. The Hall–Kier alpha value is -5.80. The van der Waals surface area contributed by atoms with Crippen molar-refractivity contribution in [1.82, 2.24) is 15.0 Å². The van der Waals surface area contributed by atoms with Gasteiger partial charge in [-0.1, -0.05) is 77.9 Å². The molecule has 0 amide bonds. The molecule has 0 spiro atoms. The molecule has 3 aromatic heterocycles. The molecule has 0 aliphatic carbocycles. The number of fused-ring (bicyclic) bond motifs is 3. The lowest BCUT2D eigenvalue weighted by Gasteiger charge is -2.15. The van der Waals surface area contributed by atoms with Gasteiger partial charge in [-0.15, -0.1) is 0 Å². The van der Waals surface area contributed by atoms with Gasteiger partial charge >= 0.3 is 0 Å². The molecule has 0 radical (unpaired) electrons. The van der Waals surface area contributed by atoms with E-state index < -0.39 is 0 Å². The number of hydrogen-bond acceptors (Lipinski definition) is 2. The van der Waals surface area contributed by atoms with Crippen molar-refractivity contribution in [2.75, 3.05) is 0 Å². The van der Waals surface area contributed by atoms with Crippen LogP contribution in [0.15, 0.2) is 121 Å². The summed E-state index contributed by atoms with van der Waals surface area (Å²) in [6.45, 7) is 13.2. The quantitative estimate of drug-likeness (QED) is 0.205. The van der Waals surface area contributed by atoms with Crippen molar-refractivity contribution in [1.29, 1.82) is 0 Å². The smallest absolute Gasteiger partial charge is 0.0730 e. The number of rotatable bonds is 5. The third-order valence-electron chi connectivity index (χ3n) is 9.78. The van der Waals surface area contributed by atoms with Crippen molar-refractivity contribution in [3.63, 3.8) is 0 Å². The fourth-order valence-corrected chi connectivity index (χ4v) is 7.94. The minimum Gasteiger partial charge on any atom is -0.353 e. The fraction of sp³-hybridized carbons (Fsp3) is 0.130. The monoisotopic (exact) mass is 633 g/mol. The largest absolute Gasteiger partial charge is 0.353 e. The predicted octanol–water partition coefficient (Wildman–Crippen LogP) is 12.3. The summed E-state index contributed by atoms with van der Waals surface area (Å²) in [5.74, 6) is 0. The van der Waals surface area contributed by atoms with Gasteiger partial charge in [0.2, 0.25) is 0 Å². The van der Waals surface area contributed by atoms with E-state index in [0.717, 1.165) is 44.8 Å². The van der Waals surface area contributed by atoms with Gasteiger partial charge in [-0.3, -0.25) is 4.98 Å². The van der Waals surface area contributed by atoms with Crippen LogP contribution in [0.25, 0.3) is 77.8 Å². The summed E-state index contributed by atoms with van der Waals surface area (Å²) in [7, 11) is 0. The lowest BCUT2D eigenvalue weighted by molar-refractivity contribution is 1.31. The maximum atomic E-state index is 5.27. The number of nitrogens with zero attached hydrogens (tertiary/aromatic N) is 2. The number of aryl methyl sites for hydroxylation is 6. The molecule has 3 heterocycles. The molecule has 3 nitrogen and oxygen atoms in total. The average molecular weight is 634 g/mol. The zero-order chi connectivity index (χ0) is 33.8. The molecule has 0 fully saturated rings. The minimum atomic E-state index is 0.937. The SMILES string of the molecule is Cc1cc(C)c(-c2cc(-c3ccccn3)c3[nH]c4c(-c5cccc(-c6ccccc6)n5)cc(-c5c(C)cc(C)cc5C)cc4c3c2)c(C)c1. The first kappa shape index (κ1) is 30.5. The second-order valence-electron chi connectivity index (χ2n) is 13.6. The summed E-state index contributed by atoms with van der Waals surface area (Å²) in [5, 5.41) is 2.35. The van der Waals surface area contributed by atoms with Crippen LogP contribution in [0.1, 0.15) is 33.4 Å². The number of nitrogens with one attached hydrogen (secondary N) is 1. The normalized spacial score (nSPS) is 11.5. The van der Waals surface area contributed by atoms with E-state index in [1.165, 1.54) is 66.4 Å². The van der Waals surface area contributed by atoms with Crippen LogP contribution in [0.3, 0.4) is 0 Å². The highest BCUT2D eigenvalue weighted by Crippen LogP contribution is 2.44. The third-order valence-corrected chi connectivity index (χ3v) is 9.78. The van der Waals surface area contributed by atoms with Crippen LogP contribution in [0, 0.1) is 41.5 Å². The minimum absolute atomic E-state index is 0.937. The standard InChI is InChI=1S/C46H39N3/c1-27-19-29(3)43(30(4)20-27)34-23-36-37-24-35(44-31(5)21-28(2)22-32(44)6)26-39(42-17-12-16-40(48-42)33-13-8-7-9-14-33)46(37)49-45(36)38(25-34)41-15-10-11-18-47-41/h7-26,49H,1-6H3. The van der Waals surface area contributed by atoms with E-state index in [9.17, 15) is 0 Å². The molecule has 0 aliphatic heterocycles. The molecule has 0 saturated heterocycles. The van der Waals surface area contributed by atoms with Crippen molar-refractivity contribution < 1.29 is 0 Å².